The molecule has 1 aromatic carbocycles. The van der Waals surface area contributed by atoms with Gasteiger partial charge < -0.3 is 5.32 Å². The molecule has 1 amide bonds. The van der Waals surface area contributed by atoms with Gasteiger partial charge in [-0.05, 0) is 17.4 Å². The van der Waals surface area contributed by atoms with Gasteiger partial charge in [0.2, 0.25) is 5.91 Å². The number of nitrogens with zero attached hydrogens (tertiary/aromatic N) is 1. The predicted molar refractivity (Wildman–Crippen MR) is 86.9 cm³/mol. The van der Waals surface area contributed by atoms with Crippen LogP contribution in [0.5, 0.6) is 0 Å². The van der Waals surface area contributed by atoms with Gasteiger partial charge in [0.05, 0.1) is 0 Å². The second-order valence-electron chi connectivity index (χ2n) is 7.19. The molecule has 1 fully saturated rings. The minimum absolute atomic E-state index is 0.0585. The molecule has 0 bridgehead atoms. The van der Waals surface area contributed by atoms with Crippen molar-refractivity contribution < 1.29 is 4.79 Å². The van der Waals surface area contributed by atoms with Crippen LogP contribution >= 0.6 is 0 Å². The summed E-state index contributed by atoms with van der Waals surface area (Å²) in [6.45, 7) is 11.5. The standard InChI is InChI=1S/C18H28N2O/c1-14(2)17(21)19-16-10-11-20(13-18(16,3)4)12-15-8-6-5-7-9-15/h5-9,14,16H,10-13H2,1-4H3,(H,19,21). The van der Waals surface area contributed by atoms with E-state index in [1.165, 1.54) is 5.56 Å². The van der Waals surface area contributed by atoms with Crippen LogP contribution in [0.2, 0.25) is 0 Å². The predicted octanol–water partition coefficient (Wildman–Crippen LogP) is 3.06. The highest BCUT2D eigenvalue weighted by molar-refractivity contribution is 5.78. The first-order chi connectivity index (χ1) is 9.88. The van der Waals surface area contributed by atoms with Crippen LogP contribution in [0.4, 0.5) is 0 Å². The Hall–Kier alpha value is -1.35. The molecule has 0 aliphatic carbocycles. The van der Waals surface area contributed by atoms with Gasteiger partial charge >= 0.3 is 0 Å². The van der Waals surface area contributed by atoms with Gasteiger partial charge in [0.25, 0.3) is 0 Å². The molecule has 1 saturated heterocycles. The molecular weight excluding hydrogens is 260 g/mol. The number of likely N-dealkylation sites (tertiary alicyclic amines) is 1. The summed E-state index contributed by atoms with van der Waals surface area (Å²) >= 11 is 0. The zero-order valence-corrected chi connectivity index (χ0v) is 13.7. The summed E-state index contributed by atoms with van der Waals surface area (Å²) < 4.78 is 0. The molecule has 1 aromatic rings. The van der Waals surface area contributed by atoms with E-state index in [0.717, 1.165) is 26.1 Å². The Morgan fingerprint density at radius 1 is 1.33 bits per heavy atom. The maximum atomic E-state index is 11.9. The average Bonchev–Trinajstić information content (AvgIpc) is 2.42. The summed E-state index contributed by atoms with van der Waals surface area (Å²) in [6.07, 6.45) is 1.03. The third-order valence-corrected chi connectivity index (χ3v) is 4.40. The smallest absolute Gasteiger partial charge is 0.222 e. The van der Waals surface area contributed by atoms with Crippen LogP contribution in [0.3, 0.4) is 0 Å². The molecule has 2 rings (SSSR count). The zero-order chi connectivity index (χ0) is 15.5. The SMILES string of the molecule is CC(C)C(=O)NC1CCN(Cc2ccccc2)CC1(C)C. The average molecular weight is 288 g/mol. The first kappa shape index (κ1) is 16.0. The molecule has 1 aliphatic rings. The Morgan fingerprint density at radius 3 is 2.57 bits per heavy atom. The fraction of sp³-hybridized carbons (Fsp3) is 0.611. The fourth-order valence-electron chi connectivity index (χ4n) is 3.05. The molecule has 1 aliphatic heterocycles. The fourth-order valence-corrected chi connectivity index (χ4v) is 3.05. The minimum atomic E-state index is 0.0585. The van der Waals surface area contributed by atoms with E-state index >= 15 is 0 Å². The van der Waals surface area contributed by atoms with Crippen molar-refractivity contribution in [3.8, 4) is 0 Å². The van der Waals surface area contributed by atoms with Crippen molar-refractivity contribution in [1.29, 1.82) is 0 Å². The number of benzene rings is 1. The topological polar surface area (TPSA) is 32.3 Å². The van der Waals surface area contributed by atoms with E-state index < -0.39 is 0 Å². The van der Waals surface area contributed by atoms with Crippen molar-refractivity contribution in [2.75, 3.05) is 13.1 Å². The largest absolute Gasteiger partial charge is 0.353 e. The number of amides is 1. The number of carbonyl (C=O) groups excluding carboxylic acids is 1. The van der Waals surface area contributed by atoms with Gasteiger partial charge in [0.15, 0.2) is 0 Å². The summed E-state index contributed by atoms with van der Waals surface area (Å²) in [6, 6.07) is 10.9. The number of carbonyl (C=O) groups is 1. The molecule has 0 aromatic heterocycles. The van der Waals surface area contributed by atoms with Gasteiger partial charge in [0, 0.05) is 31.6 Å². The van der Waals surface area contributed by atoms with Crippen molar-refractivity contribution >= 4 is 5.91 Å². The van der Waals surface area contributed by atoms with E-state index in [4.69, 9.17) is 0 Å². The molecule has 1 unspecified atom stereocenters. The van der Waals surface area contributed by atoms with Crippen molar-refractivity contribution in [2.45, 2.75) is 46.7 Å². The normalized spacial score (nSPS) is 22.2. The van der Waals surface area contributed by atoms with E-state index in [9.17, 15) is 4.79 Å². The van der Waals surface area contributed by atoms with Gasteiger partial charge in [-0.2, -0.15) is 0 Å². The summed E-state index contributed by atoms with van der Waals surface area (Å²) in [5.74, 6) is 0.229. The second kappa shape index (κ2) is 6.61. The Morgan fingerprint density at radius 2 is 2.00 bits per heavy atom. The Balaban J connectivity index is 1.94. The van der Waals surface area contributed by atoms with Gasteiger partial charge in [-0.3, -0.25) is 9.69 Å². The molecule has 0 spiro atoms. The number of hydrogen-bond donors (Lipinski definition) is 1. The van der Waals surface area contributed by atoms with Crippen LogP contribution in [-0.2, 0) is 11.3 Å². The highest BCUT2D eigenvalue weighted by Crippen LogP contribution is 2.30. The van der Waals surface area contributed by atoms with Crippen molar-refractivity contribution in [3.63, 3.8) is 0 Å². The van der Waals surface area contributed by atoms with E-state index in [0.29, 0.717) is 0 Å². The van der Waals surface area contributed by atoms with Crippen LogP contribution in [-0.4, -0.2) is 29.9 Å². The van der Waals surface area contributed by atoms with E-state index in [1.54, 1.807) is 0 Å². The van der Waals surface area contributed by atoms with E-state index in [2.05, 4.69) is 54.4 Å². The van der Waals surface area contributed by atoms with Crippen LogP contribution < -0.4 is 5.32 Å². The van der Waals surface area contributed by atoms with E-state index in [1.807, 2.05) is 13.8 Å². The molecule has 21 heavy (non-hydrogen) atoms. The first-order valence-electron chi connectivity index (χ1n) is 7.95. The molecule has 0 saturated carbocycles. The maximum Gasteiger partial charge on any atom is 0.222 e. The summed E-state index contributed by atoms with van der Waals surface area (Å²) in [4.78, 5) is 14.4. The maximum absolute atomic E-state index is 11.9. The number of hydrogen-bond acceptors (Lipinski definition) is 2. The molecule has 1 heterocycles. The molecule has 116 valence electrons. The summed E-state index contributed by atoms with van der Waals surface area (Å²) in [5, 5.41) is 3.23. The Kier molecular flexibility index (Phi) is 5.04. The lowest BCUT2D eigenvalue weighted by molar-refractivity contribution is -0.126. The quantitative estimate of drug-likeness (QED) is 0.923. The zero-order valence-electron chi connectivity index (χ0n) is 13.7. The third-order valence-electron chi connectivity index (χ3n) is 4.40. The number of rotatable bonds is 4. The lowest BCUT2D eigenvalue weighted by Gasteiger charge is -2.44. The van der Waals surface area contributed by atoms with Crippen molar-refractivity contribution in [2.24, 2.45) is 11.3 Å². The molecular formula is C18H28N2O. The Labute approximate surface area is 128 Å². The van der Waals surface area contributed by atoms with Crippen molar-refractivity contribution in [1.82, 2.24) is 10.2 Å². The van der Waals surface area contributed by atoms with Crippen LogP contribution in [0, 0.1) is 11.3 Å². The molecule has 1 N–H and O–H groups in total. The monoisotopic (exact) mass is 288 g/mol. The summed E-state index contributed by atoms with van der Waals surface area (Å²) in [7, 11) is 0. The number of piperidine rings is 1. The second-order valence-corrected chi connectivity index (χ2v) is 7.19. The van der Waals surface area contributed by atoms with Gasteiger partial charge in [-0.15, -0.1) is 0 Å². The summed E-state index contributed by atoms with van der Waals surface area (Å²) in [5.41, 5.74) is 1.47. The molecule has 1 atom stereocenters. The third kappa shape index (κ3) is 4.31. The van der Waals surface area contributed by atoms with Gasteiger partial charge in [-0.25, -0.2) is 0 Å². The first-order valence-corrected chi connectivity index (χ1v) is 7.95. The lowest BCUT2D eigenvalue weighted by Crippen LogP contribution is -2.56. The Bertz CT molecular complexity index is 467. The number of nitrogens with one attached hydrogen (secondary N) is 1. The lowest BCUT2D eigenvalue weighted by atomic mass is 9.78. The highest BCUT2D eigenvalue weighted by atomic mass is 16.1. The highest BCUT2D eigenvalue weighted by Gasteiger charge is 2.36. The van der Waals surface area contributed by atoms with Crippen LogP contribution in [0.15, 0.2) is 30.3 Å². The molecule has 3 heteroatoms. The molecule has 0 radical (unpaired) electrons. The van der Waals surface area contributed by atoms with Crippen LogP contribution in [0.1, 0.15) is 39.7 Å². The van der Waals surface area contributed by atoms with E-state index in [-0.39, 0.29) is 23.3 Å². The van der Waals surface area contributed by atoms with Crippen LogP contribution in [0.25, 0.3) is 0 Å². The van der Waals surface area contributed by atoms with Crippen molar-refractivity contribution in [3.05, 3.63) is 35.9 Å². The minimum Gasteiger partial charge on any atom is -0.353 e. The molecule has 3 nitrogen and oxygen atoms in total. The van der Waals surface area contributed by atoms with Gasteiger partial charge in [0.1, 0.15) is 0 Å². The van der Waals surface area contributed by atoms with Gasteiger partial charge in [-0.1, -0.05) is 58.0 Å².